The van der Waals surface area contributed by atoms with Crippen LogP contribution in [0.5, 0.6) is 0 Å². The van der Waals surface area contributed by atoms with Gasteiger partial charge in [-0.1, -0.05) is 30.9 Å². The SMILES string of the molecule is O=C(NCc1ccc(S(=O)(=O)N2CCC(NS(=O)(=O)CC3(O)CCCCC3)C2)s1)c1ccc(Cl)cc1. The fourth-order valence-electron chi connectivity index (χ4n) is 4.64. The molecule has 4 rings (SSSR count). The molecule has 1 aliphatic carbocycles. The first-order chi connectivity index (χ1) is 17.0. The zero-order valence-corrected chi connectivity index (χ0v) is 22.9. The third-order valence-electron chi connectivity index (χ3n) is 6.50. The lowest BCUT2D eigenvalue weighted by molar-refractivity contribution is 0.0254. The second-order valence-corrected chi connectivity index (χ2v) is 14.9. The van der Waals surface area contributed by atoms with Gasteiger partial charge in [-0.15, -0.1) is 11.3 Å². The maximum Gasteiger partial charge on any atom is 0.252 e. The Morgan fingerprint density at radius 1 is 1.08 bits per heavy atom. The molecule has 1 aromatic carbocycles. The molecule has 2 heterocycles. The van der Waals surface area contributed by atoms with Crippen LogP contribution in [0.4, 0.5) is 0 Å². The van der Waals surface area contributed by atoms with Crippen molar-refractivity contribution in [3.63, 3.8) is 0 Å². The Labute approximate surface area is 221 Å². The fraction of sp³-hybridized carbons (Fsp3) is 0.522. The first-order valence-electron chi connectivity index (χ1n) is 11.8. The fourth-order valence-corrected chi connectivity index (χ4v) is 9.49. The molecule has 1 unspecified atom stereocenters. The van der Waals surface area contributed by atoms with Gasteiger partial charge in [0.2, 0.25) is 10.0 Å². The van der Waals surface area contributed by atoms with Crippen molar-refractivity contribution in [2.75, 3.05) is 18.8 Å². The van der Waals surface area contributed by atoms with Crippen LogP contribution in [-0.2, 0) is 26.6 Å². The molecule has 1 aromatic heterocycles. The maximum atomic E-state index is 13.1. The van der Waals surface area contributed by atoms with E-state index in [2.05, 4.69) is 10.0 Å². The summed E-state index contributed by atoms with van der Waals surface area (Å²) in [5, 5.41) is 13.9. The molecule has 1 aliphatic heterocycles. The van der Waals surface area contributed by atoms with E-state index in [0.717, 1.165) is 30.6 Å². The lowest BCUT2D eigenvalue weighted by atomic mass is 9.86. The number of benzene rings is 1. The minimum absolute atomic E-state index is 0.0283. The quantitative estimate of drug-likeness (QED) is 0.421. The van der Waals surface area contributed by atoms with Crippen molar-refractivity contribution in [3.05, 3.63) is 51.9 Å². The first kappa shape index (κ1) is 27.5. The van der Waals surface area contributed by atoms with Crippen molar-refractivity contribution in [2.45, 2.75) is 60.9 Å². The number of carbonyl (C=O) groups is 1. The second-order valence-electron chi connectivity index (χ2n) is 9.42. The van der Waals surface area contributed by atoms with Crippen LogP contribution in [0.25, 0.3) is 0 Å². The minimum atomic E-state index is -3.80. The van der Waals surface area contributed by atoms with Crippen molar-refractivity contribution < 1.29 is 26.7 Å². The molecule has 1 saturated carbocycles. The van der Waals surface area contributed by atoms with Gasteiger partial charge in [-0.2, -0.15) is 4.31 Å². The monoisotopic (exact) mass is 575 g/mol. The standard InChI is InChI=1S/C23H30ClN3O6S3/c24-18-6-4-17(5-7-18)22(28)25-14-20-8-9-21(34-20)36(32,33)27-13-10-19(15-27)26-35(30,31)16-23(29)11-2-1-3-12-23/h4-9,19,26,29H,1-3,10-16H2,(H,25,28). The van der Waals surface area contributed by atoms with Gasteiger partial charge in [-0.25, -0.2) is 21.6 Å². The summed E-state index contributed by atoms with van der Waals surface area (Å²) in [7, 11) is -7.56. The third kappa shape index (κ3) is 6.85. The molecule has 13 heteroatoms. The Kier molecular flexibility index (Phi) is 8.45. The number of nitrogens with one attached hydrogen (secondary N) is 2. The maximum absolute atomic E-state index is 13.1. The zero-order valence-electron chi connectivity index (χ0n) is 19.7. The van der Waals surface area contributed by atoms with Crippen molar-refractivity contribution in [3.8, 4) is 0 Å². The molecule has 2 fully saturated rings. The summed E-state index contributed by atoms with van der Waals surface area (Å²) in [6.07, 6.45) is 3.86. The third-order valence-corrected chi connectivity index (χ3v) is 11.8. The van der Waals surface area contributed by atoms with E-state index in [1.54, 1.807) is 30.3 Å². The lowest BCUT2D eigenvalue weighted by Gasteiger charge is -2.32. The van der Waals surface area contributed by atoms with Crippen molar-refractivity contribution in [1.29, 1.82) is 0 Å². The number of hydrogen-bond donors (Lipinski definition) is 3. The van der Waals surface area contributed by atoms with Crippen LogP contribution in [-0.4, -0.2) is 62.6 Å². The van der Waals surface area contributed by atoms with E-state index in [0.29, 0.717) is 34.7 Å². The van der Waals surface area contributed by atoms with Gasteiger partial charge in [-0.3, -0.25) is 4.79 Å². The van der Waals surface area contributed by atoms with Crippen LogP contribution >= 0.6 is 22.9 Å². The summed E-state index contributed by atoms with van der Waals surface area (Å²) < 4.78 is 55.6. The molecule has 1 amide bonds. The van der Waals surface area contributed by atoms with Crippen LogP contribution in [0.2, 0.25) is 5.02 Å². The molecule has 0 spiro atoms. The first-order valence-corrected chi connectivity index (χ1v) is 16.1. The Hall–Kier alpha value is -1.54. The van der Waals surface area contributed by atoms with Gasteiger partial charge < -0.3 is 10.4 Å². The number of nitrogens with zero attached hydrogens (tertiary/aromatic N) is 1. The number of sulfonamides is 2. The number of thiophene rings is 1. The Morgan fingerprint density at radius 3 is 2.47 bits per heavy atom. The van der Waals surface area contributed by atoms with Gasteiger partial charge in [-0.05, 0) is 55.7 Å². The number of aliphatic hydroxyl groups is 1. The van der Waals surface area contributed by atoms with Crippen LogP contribution in [0.1, 0.15) is 53.8 Å². The second kappa shape index (κ2) is 11.1. The highest BCUT2D eigenvalue weighted by Crippen LogP contribution is 2.30. The Balaban J connectivity index is 1.32. The Bertz CT molecular complexity index is 1290. The van der Waals surface area contributed by atoms with Crippen LogP contribution in [0, 0.1) is 0 Å². The summed E-state index contributed by atoms with van der Waals surface area (Å²) in [5.41, 5.74) is -0.768. The van der Waals surface area contributed by atoms with Crippen LogP contribution in [0.15, 0.2) is 40.6 Å². The molecule has 3 N–H and O–H groups in total. The van der Waals surface area contributed by atoms with E-state index in [4.69, 9.17) is 11.6 Å². The number of hydrogen-bond acceptors (Lipinski definition) is 7. The van der Waals surface area contributed by atoms with Gasteiger partial charge in [0, 0.05) is 34.6 Å². The average molecular weight is 576 g/mol. The van der Waals surface area contributed by atoms with Gasteiger partial charge in [0.25, 0.3) is 15.9 Å². The molecule has 36 heavy (non-hydrogen) atoms. The van der Waals surface area contributed by atoms with Gasteiger partial charge in [0.15, 0.2) is 0 Å². The number of carbonyl (C=O) groups excluding carboxylic acids is 1. The summed E-state index contributed by atoms with van der Waals surface area (Å²) in [6.45, 7) is 0.397. The topological polar surface area (TPSA) is 133 Å². The molecule has 1 saturated heterocycles. The summed E-state index contributed by atoms with van der Waals surface area (Å²) >= 11 is 6.91. The Morgan fingerprint density at radius 2 is 1.78 bits per heavy atom. The highest BCUT2D eigenvalue weighted by atomic mass is 35.5. The molecular weight excluding hydrogens is 546 g/mol. The number of rotatable bonds is 9. The van der Waals surface area contributed by atoms with Crippen molar-refractivity contribution >= 4 is 48.9 Å². The molecule has 0 bridgehead atoms. The molecule has 2 aliphatic rings. The van der Waals surface area contributed by atoms with E-state index >= 15 is 0 Å². The van der Waals surface area contributed by atoms with E-state index < -0.39 is 31.7 Å². The smallest absolute Gasteiger partial charge is 0.252 e. The summed E-state index contributed by atoms with van der Waals surface area (Å²) in [4.78, 5) is 13.0. The zero-order chi connectivity index (χ0) is 26.0. The van der Waals surface area contributed by atoms with Crippen LogP contribution < -0.4 is 10.0 Å². The van der Waals surface area contributed by atoms with E-state index in [9.17, 15) is 26.7 Å². The molecule has 9 nitrogen and oxygen atoms in total. The predicted octanol–water partition coefficient (Wildman–Crippen LogP) is 2.71. The minimum Gasteiger partial charge on any atom is -0.389 e. The highest BCUT2D eigenvalue weighted by molar-refractivity contribution is 7.91. The molecule has 1 atom stereocenters. The molecule has 0 radical (unpaired) electrons. The lowest BCUT2D eigenvalue weighted by Crippen LogP contribution is -2.46. The molecule has 2 aromatic rings. The van der Waals surface area contributed by atoms with Gasteiger partial charge in [0.1, 0.15) is 4.21 Å². The largest absolute Gasteiger partial charge is 0.389 e. The molecule has 198 valence electrons. The number of halogens is 1. The van der Waals surface area contributed by atoms with E-state index in [1.807, 2.05) is 0 Å². The summed E-state index contributed by atoms with van der Waals surface area (Å²) in [5.74, 6) is -0.656. The molecular formula is C23H30ClN3O6S3. The van der Waals surface area contributed by atoms with Gasteiger partial charge >= 0.3 is 0 Å². The van der Waals surface area contributed by atoms with E-state index in [1.165, 1.54) is 10.4 Å². The number of amides is 1. The summed E-state index contributed by atoms with van der Waals surface area (Å²) in [6, 6.07) is 9.06. The average Bonchev–Trinajstić information content (AvgIpc) is 3.48. The van der Waals surface area contributed by atoms with Gasteiger partial charge in [0.05, 0.1) is 17.9 Å². The van der Waals surface area contributed by atoms with Crippen molar-refractivity contribution in [1.82, 2.24) is 14.3 Å². The van der Waals surface area contributed by atoms with Crippen molar-refractivity contribution in [2.24, 2.45) is 0 Å². The normalized spacial score (nSPS) is 20.9. The van der Waals surface area contributed by atoms with E-state index in [-0.39, 0.29) is 35.5 Å². The predicted molar refractivity (Wildman–Crippen MR) is 139 cm³/mol. The highest BCUT2D eigenvalue weighted by Gasteiger charge is 2.38. The van der Waals surface area contributed by atoms with Crippen LogP contribution in [0.3, 0.4) is 0 Å².